The van der Waals surface area contributed by atoms with Crippen molar-refractivity contribution in [1.82, 2.24) is 5.32 Å². The van der Waals surface area contributed by atoms with Gasteiger partial charge in [-0.25, -0.2) is 0 Å². The van der Waals surface area contributed by atoms with Crippen LogP contribution < -0.4 is 5.32 Å². The van der Waals surface area contributed by atoms with E-state index in [0.29, 0.717) is 23.8 Å². The highest BCUT2D eigenvalue weighted by Gasteiger charge is 2.30. The van der Waals surface area contributed by atoms with E-state index in [1.807, 2.05) is 0 Å². The van der Waals surface area contributed by atoms with Crippen LogP contribution in [0.3, 0.4) is 0 Å². The Kier molecular flexibility index (Phi) is 3.12. The molecule has 0 bridgehead atoms. The van der Waals surface area contributed by atoms with Gasteiger partial charge in [-0.2, -0.15) is 0 Å². The van der Waals surface area contributed by atoms with E-state index >= 15 is 0 Å². The summed E-state index contributed by atoms with van der Waals surface area (Å²) in [5, 5.41) is 10.5. The molecule has 1 aliphatic heterocycles. The maximum absolute atomic E-state index is 7.22. The summed E-state index contributed by atoms with van der Waals surface area (Å²) in [7, 11) is 0. The molecule has 0 fully saturated rings. The highest BCUT2D eigenvalue weighted by Crippen LogP contribution is 2.29. The van der Waals surface area contributed by atoms with Gasteiger partial charge in [0.1, 0.15) is 0 Å². The topological polar surface area (TPSA) is 35.9 Å². The van der Waals surface area contributed by atoms with Gasteiger partial charge >= 0.3 is 0 Å². The summed E-state index contributed by atoms with van der Waals surface area (Å²) in [4.78, 5) is 0. The first-order valence-electron chi connectivity index (χ1n) is 5.04. The number of rotatable bonds is 4. The van der Waals surface area contributed by atoms with E-state index in [2.05, 4.69) is 39.2 Å². The van der Waals surface area contributed by atoms with Gasteiger partial charge in [-0.1, -0.05) is 27.7 Å². The zero-order chi connectivity index (χ0) is 10.0. The maximum Gasteiger partial charge on any atom is 0.0519 e. The normalized spacial score (nSPS) is 25.6. The highest BCUT2D eigenvalue weighted by molar-refractivity contribution is 5.62. The van der Waals surface area contributed by atoms with Crippen molar-refractivity contribution in [2.24, 2.45) is 17.8 Å². The molecule has 2 heteroatoms. The minimum Gasteiger partial charge on any atom is -0.384 e. The van der Waals surface area contributed by atoms with E-state index in [-0.39, 0.29) is 0 Å². The predicted octanol–water partition coefficient (Wildman–Crippen LogP) is 2.42. The zero-order valence-corrected chi connectivity index (χ0v) is 8.96. The van der Waals surface area contributed by atoms with Crippen molar-refractivity contribution in [2.45, 2.75) is 33.7 Å². The minimum absolute atomic E-state index is 0.299. The molecule has 13 heavy (non-hydrogen) atoms. The lowest BCUT2D eigenvalue weighted by molar-refractivity contribution is 0.316. The molecule has 0 aliphatic carbocycles. The average molecular weight is 180 g/mol. The molecule has 1 aliphatic rings. The maximum atomic E-state index is 7.22. The lowest BCUT2D eigenvalue weighted by Crippen LogP contribution is -2.45. The Morgan fingerprint density at radius 1 is 1.38 bits per heavy atom. The lowest BCUT2D eigenvalue weighted by Gasteiger charge is -2.38. The largest absolute Gasteiger partial charge is 0.384 e. The Morgan fingerprint density at radius 3 is 2.31 bits per heavy atom. The van der Waals surface area contributed by atoms with Crippen LogP contribution in [0.5, 0.6) is 0 Å². The molecule has 2 nitrogen and oxygen atoms in total. The summed E-state index contributed by atoms with van der Waals surface area (Å²) in [6, 6.07) is 0.497. The summed E-state index contributed by atoms with van der Waals surface area (Å²) in [5.74, 6) is 1.65. The molecule has 0 radical (unpaired) electrons. The average Bonchev–Trinajstić information content (AvgIpc) is 2.01. The van der Waals surface area contributed by atoms with Gasteiger partial charge in [0.2, 0.25) is 0 Å². The highest BCUT2D eigenvalue weighted by atomic mass is 15.0. The quantitative estimate of drug-likeness (QED) is 0.640. The molecule has 1 unspecified atom stereocenters. The van der Waals surface area contributed by atoms with E-state index in [1.165, 1.54) is 11.8 Å². The Morgan fingerprint density at radius 2 is 2.00 bits per heavy atom. The first-order chi connectivity index (χ1) is 6.07. The molecule has 0 amide bonds. The van der Waals surface area contributed by atoms with Gasteiger partial charge in [0.25, 0.3) is 0 Å². The number of hydrogen-bond acceptors (Lipinski definition) is 2. The third-order valence-corrected chi connectivity index (χ3v) is 3.14. The van der Waals surface area contributed by atoms with Gasteiger partial charge in [-0.3, -0.25) is 0 Å². The molecular formula is C11H20N2. The summed E-state index contributed by atoms with van der Waals surface area (Å²) in [6.07, 6.45) is 3.58. The number of hydrogen-bond donors (Lipinski definition) is 2. The molecule has 0 saturated carbocycles. The number of nitrogens with one attached hydrogen (secondary N) is 2. The first-order valence-corrected chi connectivity index (χ1v) is 5.04. The van der Waals surface area contributed by atoms with Crippen LogP contribution in [0, 0.1) is 23.2 Å². The van der Waals surface area contributed by atoms with E-state index < -0.39 is 0 Å². The summed E-state index contributed by atoms with van der Waals surface area (Å²) >= 11 is 0. The standard InChI is InChI=1S/C11H20N2/c1-7(2)9(4)11-10(6-13-11)8(3)5-12/h5-9,11-13H,1-4H3/t8?,9-,11-/m0/s1. The van der Waals surface area contributed by atoms with Gasteiger partial charge in [-0.15, -0.1) is 0 Å². The SMILES string of the molecule is CC(C=N)C1=CN[C@H]1[C@@H](C)C(C)C. The summed E-state index contributed by atoms with van der Waals surface area (Å²) in [6.45, 7) is 8.85. The lowest BCUT2D eigenvalue weighted by atomic mass is 9.79. The van der Waals surface area contributed by atoms with Crippen LogP contribution in [0.25, 0.3) is 0 Å². The van der Waals surface area contributed by atoms with Crippen LogP contribution in [-0.2, 0) is 0 Å². The Balaban J connectivity index is 2.58. The van der Waals surface area contributed by atoms with Crippen LogP contribution in [0.1, 0.15) is 27.7 Å². The van der Waals surface area contributed by atoms with Gasteiger partial charge < -0.3 is 10.7 Å². The second-order valence-corrected chi connectivity index (χ2v) is 4.35. The van der Waals surface area contributed by atoms with Crippen molar-refractivity contribution in [3.05, 3.63) is 11.8 Å². The molecule has 0 aromatic rings. The molecule has 1 heterocycles. The van der Waals surface area contributed by atoms with Crippen LogP contribution in [0.2, 0.25) is 0 Å². The summed E-state index contributed by atoms with van der Waals surface area (Å²) < 4.78 is 0. The van der Waals surface area contributed by atoms with E-state index in [4.69, 9.17) is 5.41 Å². The van der Waals surface area contributed by atoms with Crippen LogP contribution in [0.4, 0.5) is 0 Å². The van der Waals surface area contributed by atoms with E-state index in [1.54, 1.807) is 0 Å². The fourth-order valence-corrected chi connectivity index (χ4v) is 1.63. The molecule has 1 rings (SSSR count). The van der Waals surface area contributed by atoms with E-state index in [9.17, 15) is 0 Å². The minimum atomic E-state index is 0.299. The van der Waals surface area contributed by atoms with E-state index in [0.717, 1.165) is 0 Å². The van der Waals surface area contributed by atoms with Crippen molar-refractivity contribution in [2.75, 3.05) is 0 Å². The van der Waals surface area contributed by atoms with Crippen molar-refractivity contribution in [1.29, 1.82) is 5.41 Å². The molecule has 74 valence electrons. The predicted molar refractivity (Wildman–Crippen MR) is 57.0 cm³/mol. The second kappa shape index (κ2) is 3.95. The molecule has 3 atom stereocenters. The van der Waals surface area contributed by atoms with Crippen LogP contribution >= 0.6 is 0 Å². The second-order valence-electron chi connectivity index (χ2n) is 4.35. The van der Waals surface area contributed by atoms with Crippen molar-refractivity contribution >= 4 is 6.21 Å². The van der Waals surface area contributed by atoms with Crippen molar-refractivity contribution in [3.63, 3.8) is 0 Å². The van der Waals surface area contributed by atoms with Crippen LogP contribution in [0.15, 0.2) is 11.8 Å². The third-order valence-electron chi connectivity index (χ3n) is 3.14. The smallest absolute Gasteiger partial charge is 0.0519 e. The first kappa shape index (κ1) is 10.3. The summed E-state index contributed by atoms with van der Waals surface area (Å²) in [5.41, 5.74) is 1.39. The Bertz CT molecular complexity index is 218. The van der Waals surface area contributed by atoms with Gasteiger partial charge in [-0.05, 0) is 23.6 Å². The van der Waals surface area contributed by atoms with Gasteiger partial charge in [0, 0.05) is 12.1 Å². The molecule has 0 aromatic carbocycles. The van der Waals surface area contributed by atoms with Crippen molar-refractivity contribution in [3.8, 4) is 0 Å². The molecular weight excluding hydrogens is 160 g/mol. The van der Waals surface area contributed by atoms with Crippen LogP contribution in [-0.4, -0.2) is 12.3 Å². The van der Waals surface area contributed by atoms with Gasteiger partial charge in [0.05, 0.1) is 6.04 Å². The zero-order valence-electron chi connectivity index (χ0n) is 8.96. The monoisotopic (exact) mass is 180 g/mol. The van der Waals surface area contributed by atoms with Crippen molar-refractivity contribution < 1.29 is 0 Å². The molecule has 0 spiro atoms. The Labute approximate surface area is 80.9 Å². The molecule has 0 saturated heterocycles. The molecule has 2 N–H and O–H groups in total. The van der Waals surface area contributed by atoms with Gasteiger partial charge in [0.15, 0.2) is 0 Å². The fraction of sp³-hybridized carbons (Fsp3) is 0.727. The molecule has 0 aromatic heterocycles. The fourth-order valence-electron chi connectivity index (χ4n) is 1.63. The Hall–Kier alpha value is -0.790. The third kappa shape index (κ3) is 1.93.